The van der Waals surface area contributed by atoms with E-state index in [2.05, 4.69) is 11.9 Å². The second-order valence-corrected chi connectivity index (χ2v) is 3.37. The van der Waals surface area contributed by atoms with E-state index in [4.69, 9.17) is 5.26 Å². The normalized spacial score (nSPS) is 14.7. The first-order valence-corrected chi connectivity index (χ1v) is 4.78. The third-order valence-electron chi connectivity index (χ3n) is 2.19. The minimum Gasteiger partial charge on any atom is -0.385 e. The van der Waals surface area contributed by atoms with Crippen molar-refractivity contribution in [3.05, 3.63) is 18.2 Å². The lowest BCUT2D eigenvalue weighted by Crippen LogP contribution is -2.12. The number of aliphatic hydroxyl groups excluding tert-OH is 1. The smallest absolute Gasteiger partial charge is 0.111 e. The van der Waals surface area contributed by atoms with E-state index in [0.29, 0.717) is 0 Å². The van der Waals surface area contributed by atoms with Crippen LogP contribution in [0.5, 0.6) is 0 Å². The monoisotopic (exact) mass is 193 g/mol. The molecule has 0 fully saturated rings. The SMILES string of the molecule is CCCn1cncc1C(O)C(C)C#N. The van der Waals surface area contributed by atoms with Gasteiger partial charge in [-0.1, -0.05) is 6.92 Å². The highest BCUT2D eigenvalue weighted by Gasteiger charge is 2.19. The Bertz CT molecular complexity index is 326. The second kappa shape index (κ2) is 4.77. The van der Waals surface area contributed by atoms with E-state index in [-0.39, 0.29) is 0 Å². The van der Waals surface area contributed by atoms with E-state index in [1.807, 2.05) is 10.6 Å². The van der Waals surface area contributed by atoms with Crippen molar-refractivity contribution in [3.63, 3.8) is 0 Å². The summed E-state index contributed by atoms with van der Waals surface area (Å²) in [5.74, 6) is -0.401. The van der Waals surface area contributed by atoms with Crippen molar-refractivity contribution in [3.8, 4) is 6.07 Å². The lowest BCUT2D eigenvalue weighted by molar-refractivity contribution is 0.133. The van der Waals surface area contributed by atoms with E-state index >= 15 is 0 Å². The zero-order valence-corrected chi connectivity index (χ0v) is 8.51. The molecule has 0 saturated heterocycles. The van der Waals surface area contributed by atoms with Crippen molar-refractivity contribution in [1.29, 1.82) is 5.26 Å². The van der Waals surface area contributed by atoms with Gasteiger partial charge in [-0.25, -0.2) is 4.98 Å². The van der Waals surface area contributed by atoms with Gasteiger partial charge in [0.2, 0.25) is 0 Å². The highest BCUT2D eigenvalue weighted by Crippen LogP contribution is 2.20. The molecule has 1 aromatic rings. The van der Waals surface area contributed by atoms with Gasteiger partial charge >= 0.3 is 0 Å². The van der Waals surface area contributed by atoms with Gasteiger partial charge in [-0.3, -0.25) is 0 Å². The summed E-state index contributed by atoms with van der Waals surface area (Å²) in [6, 6.07) is 2.03. The molecular formula is C10H15N3O. The van der Waals surface area contributed by atoms with Crippen LogP contribution in [-0.2, 0) is 6.54 Å². The van der Waals surface area contributed by atoms with Gasteiger partial charge in [-0.15, -0.1) is 0 Å². The van der Waals surface area contributed by atoms with Crippen LogP contribution < -0.4 is 0 Å². The molecule has 0 aliphatic rings. The summed E-state index contributed by atoms with van der Waals surface area (Å²) >= 11 is 0. The zero-order valence-electron chi connectivity index (χ0n) is 8.51. The minimum atomic E-state index is -0.742. The number of hydrogen-bond acceptors (Lipinski definition) is 3. The van der Waals surface area contributed by atoms with Crippen molar-refractivity contribution in [2.24, 2.45) is 5.92 Å². The van der Waals surface area contributed by atoms with Gasteiger partial charge in [-0.05, 0) is 13.3 Å². The van der Waals surface area contributed by atoms with Gasteiger partial charge in [-0.2, -0.15) is 5.26 Å². The van der Waals surface area contributed by atoms with Crippen LogP contribution in [0.3, 0.4) is 0 Å². The molecule has 2 unspecified atom stereocenters. The van der Waals surface area contributed by atoms with Crippen LogP contribution in [0.4, 0.5) is 0 Å². The van der Waals surface area contributed by atoms with Crippen LogP contribution >= 0.6 is 0 Å². The van der Waals surface area contributed by atoms with Gasteiger partial charge < -0.3 is 9.67 Å². The summed E-state index contributed by atoms with van der Waals surface area (Å²) in [7, 11) is 0. The zero-order chi connectivity index (χ0) is 10.6. The van der Waals surface area contributed by atoms with Gasteiger partial charge in [0.15, 0.2) is 0 Å². The van der Waals surface area contributed by atoms with Crippen LogP contribution in [0.15, 0.2) is 12.5 Å². The Morgan fingerprint density at radius 2 is 2.43 bits per heavy atom. The van der Waals surface area contributed by atoms with Crippen molar-refractivity contribution in [2.45, 2.75) is 32.9 Å². The van der Waals surface area contributed by atoms with Crippen LogP contribution in [0.1, 0.15) is 32.1 Å². The minimum absolute atomic E-state index is 0.401. The molecule has 4 heteroatoms. The largest absolute Gasteiger partial charge is 0.385 e. The van der Waals surface area contributed by atoms with Crippen LogP contribution in [-0.4, -0.2) is 14.7 Å². The number of aryl methyl sites for hydroxylation is 1. The Labute approximate surface area is 83.8 Å². The molecular weight excluding hydrogens is 178 g/mol. The third-order valence-corrected chi connectivity index (χ3v) is 2.19. The predicted molar refractivity (Wildman–Crippen MR) is 52.3 cm³/mol. The van der Waals surface area contributed by atoms with Crippen LogP contribution in [0.2, 0.25) is 0 Å². The molecule has 0 saturated carbocycles. The van der Waals surface area contributed by atoms with Crippen molar-refractivity contribution >= 4 is 0 Å². The lowest BCUT2D eigenvalue weighted by atomic mass is 10.0. The number of rotatable bonds is 4. The van der Waals surface area contributed by atoms with E-state index in [0.717, 1.165) is 18.7 Å². The van der Waals surface area contributed by atoms with Gasteiger partial charge in [0.1, 0.15) is 6.10 Å². The number of nitriles is 1. The van der Waals surface area contributed by atoms with Gasteiger partial charge in [0.25, 0.3) is 0 Å². The Hall–Kier alpha value is -1.34. The molecule has 0 amide bonds. The fourth-order valence-corrected chi connectivity index (χ4v) is 1.33. The summed E-state index contributed by atoms with van der Waals surface area (Å²) in [5.41, 5.74) is 0.723. The maximum Gasteiger partial charge on any atom is 0.111 e. The van der Waals surface area contributed by atoms with Gasteiger partial charge in [0, 0.05) is 6.54 Å². The lowest BCUT2D eigenvalue weighted by Gasteiger charge is -2.14. The summed E-state index contributed by atoms with van der Waals surface area (Å²) < 4.78 is 1.89. The molecule has 0 aliphatic carbocycles. The molecule has 14 heavy (non-hydrogen) atoms. The Balaban J connectivity index is 2.84. The Morgan fingerprint density at radius 1 is 1.71 bits per heavy atom. The highest BCUT2D eigenvalue weighted by atomic mass is 16.3. The molecule has 1 rings (SSSR count). The molecule has 4 nitrogen and oxygen atoms in total. The summed E-state index contributed by atoms with van der Waals surface area (Å²) in [6.45, 7) is 4.59. The van der Waals surface area contributed by atoms with Gasteiger partial charge in [0.05, 0.1) is 30.2 Å². The average molecular weight is 193 g/mol. The molecule has 76 valence electrons. The summed E-state index contributed by atoms with van der Waals surface area (Å²) in [5, 5.41) is 18.5. The molecule has 2 atom stereocenters. The quantitative estimate of drug-likeness (QED) is 0.788. The Kier molecular flexibility index (Phi) is 3.66. The number of imidazole rings is 1. The maximum atomic E-state index is 9.80. The molecule has 1 heterocycles. The summed E-state index contributed by atoms with van der Waals surface area (Å²) in [6.07, 6.45) is 3.55. The molecule has 0 aliphatic heterocycles. The fourth-order valence-electron chi connectivity index (χ4n) is 1.33. The first-order chi connectivity index (χ1) is 6.70. The Morgan fingerprint density at radius 3 is 3.00 bits per heavy atom. The average Bonchev–Trinajstić information content (AvgIpc) is 2.64. The molecule has 0 spiro atoms. The van der Waals surface area contributed by atoms with E-state index in [9.17, 15) is 5.11 Å². The first kappa shape index (κ1) is 10.7. The van der Waals surface area contributed by atoms with Crippen molar-refractivity contribution < 1.29 is 5.11 Å². The number of hydrogen-bond donors (Lipinski definition) is 1. The van der Waals surface area contributed by atoms with Crippen LogP contribution in [0.25, 0.3) is 0 Å². The predicted octanol–water partition coefficient (Wildman–Crippen LogP) is 1.49. The molecule has 1 N–H and O–H groups in total. The summed E-state index contributed by atoms with van der Waals surface area (Å²) in [4.78, 5) is 3.97. The van der Waals surface area contributed by atoms with Crippen LogP contribution in [0, 0.1) is 17.2 Å². The molecule has 1 aromatic heterocycles. The first-order valence-electron chi connectivity index (χ1n) is 4.78. The maximum absolute atomic E-state index is 9.80. The highest BCUT2D eigenvalue weighted by molar-refractivity contribution is 5.07. The van der Waals surface area contributed by atoms with E-state index in [1.54, 1.807) is 19.4 Å². The van der Waals surface area contributed by atoms with E-state index < -0.39 is 12.0 Å². The topological polar surface area (TPSA) is 61.8 Å². The molecule has 0 bridgehead atoms. The standard InChI is InChI=1S/C10H15N3O/c1-3-4-13-7-12-6-9(13)10(14)8(2)5-11/h6-8,10,14H,3-4H2,1-2H3. The van der Waals surface area contributed by atoms with E-state index in [1.165, 1.54) is 0 Å². The number of aliphatic hydroxyl groups is 1. The number of aromatic nitrogens is 2. The number of nitrogens with zero attached hydrogens (tertiary/aromatic N) is 3. The molecule has 0 radical (unpaired) electrons. The second-order valence-electron chi connectivity index (χ2n) is 3.37. The molecule has 0 aromatic carbocycles. The third kappa shape index (κ3) is 2.12. The van der Waals surface area contributed by atoms with Crippen molar-refractivity contribution in [2.75, 3.05) is 0 Å². The fraction of sp³-hybridized carbons (Fsp3) is 0.600. The van der Waals surface area contributed by atoms with Crippen molar-refractivity contribution in [1.82, 2.24) is 9.55 Å².